The zero-order valence-electron chi connectivity index (χ0n) is 11.6. The lowest BCUT2D eigenvalue weighted by Crippen LogP contribution is -2.56. The van der Waals surface area contributed by atoms with Crippen LogP contribution >= 0.6 is 0 Å². The summed E-state index contributed by atoms with van der Waals surface area (Å²) >= 11 is 0. The molecular weight excluding hydrogens is 226 g/mol. The van der Waals surface area contributed by atoms with Gasteiger partial charge in [0.1, 0.15) is 5.76 Å². The van der Waals surface area contributed by atoms with E-state index in [9.17, 15) is 5.11 Å². The first-order valence-corrected chi connectivity index (χ1v) is 7.12. The number of rotatable bonds is 5. The van der Waals surface area contributed by atoms with Gasteiger partial charge in [0.25, 0.3) is 0 Å². The molecule has 0 aliphatic carbocycles. The first-order valence-electron chi connectivity index (χ1n) is 7.12. The average Bonchev–Trinajstić information content (AvgIpc) is 2.91. The average molecular weight is 251 g/mol. The Morgan fingerprint density at radius 1 is 1.39 bits per heavy atom. The zero-order chi connectivity index (χ0) is 13.0. The minimum absolute atomic E-state index is 0.132. The number of likely N-dealkylation sites (tertiary alicyclic amines) is 1. The molecule has 2 rings (SSSR count). The van der Waals surface area contributed by atoms with E-state index in [4.69, 9.17) is 4.42 Å². The van der Waals surface area contributed by atoms with Crippen LogP contribution in [0.2, 0.25) is 0 Å². The van der Waals surface area contributed by atoms with E-state index in [1.165, 1.54) is 19.3 Å². The van der Waals surface area contributed by atoms with Gasteiger partial charge in [0.05, 0.1) is 12.4 Å². The van der Waals surface area contributed by atoms with Crippen LogP contribution in [-0.2, 0) is 6.42 Å². The summed E-state index contributed by atoms with van der Waals surface area (Å²) < 4.78 is 5.35. The summed E-state index contributed by atoms with van der Waals surface area (Å²) in [5, 5.41) is 10.6. The van der Waals surface area contributed by atoms with E-state index in [0.29, 0.717) is 6.42 Å². The third-order valence-corrected chi connectivity index (χ3v) is 4.49. The molecule has 0 aromatic carbocycles. The van der Waals surface area contributed by atoms with Gasteiger partial charge in [-0.2, -0.15) is 0 Å². The van der Waals surface area contributed by atoms with Crippen LogP contribution < -0.4 is 0 Å². The third-order valence-electron chi connectivity index (χ3n) is 4.49. The molecule has 3 heteroatoms. The van der Waals surface area contributed by atoms with E-state index >= 15 is 0 Å². The number of aliphatic hydroxyl groups is 1. The molecule has 18 heavy (non-hydrogen) atoms. The second-order valence-corrected chi connectivity index (χ2v) is 5.56. The summed E-state index contributed by atoms with van der Waals surface area (Å²) in [6.45, 7) is 6.57. The van der Waals surface area contributed by atoms with Gasteiger partial charge in [-0.1, -0.05) is 13.3 Å². The molecule has 1 fully saturated rings. The van der Waals surface area contributed by atoms with Crippen molar-refractivity contribution in [3.05, 3.63) is 24.2 Å². The molecule has 2 heterocycles. The van der Waals surface area contributed by atoms with Gasteiger partial charge in [-0.25, -0.2) is 0 Å². The van der Waals surface area contributed by atoms with E-state index in [-0.39, 0.29) is 11.6 Å². The van der Waals surface area contributed by atoms with Crippen LogP contribution in [-0.4, -0.2) is 34.7 Å². The van der Waals surface area contributed by atoms with Gasteiger partial charge in [0, 0.05) is 12.0 Å². The van der Waals surface area contributed by atoms with Crippen molar-refractivity contribution in [2.24, 2.45) is 0 Å². The summed E-state index contributed by atoms with van der Waals surface area (Å²) in [4.78, 5) is 2.46. The third kappa shape index (κ3) is 2.78. The van der Waals surface area contributed by atoms with Crippen LogP contribution in [0, 0.1) is 0 Å². The highest BCUT2D eigenvalue weighted by Gasteiger charge is 2.38. The Kier molecular flexibility index (Phi) is 4.46. The predicted molar refractivity (Wildman–Crippen MR) is 72.5 cm³/mol. The Hall–Kier alpha value is -0.800. The molecule has 1 aliphatic rings. The van der Waals surface area contributed by atoms with Crippen molar-refractivity contribution in [1.82, 2.24) is 4.90 Å². The smallest absolute Gasteiger partial charge is 0.106 e. The number of aliphatic hydroxyl groups excluding tert-OH is 1. The number of hydrogen-bond acceptors (Lipinski definition) is 3. The summed E-state index contributed by atoms with van der Waals surface area (Å²) in [5.41, 5.74) is -0.132. The van der Waals surface area contributed by atoms with Gasteiger partial charge in [0.15, 0.2) is 0 Å². The summed E-state index contributed by atoms with van der Waals surface area (Å²) in [6.07, 6.45) is 6.71. The van der Waals surface area contributed by atoms with Gasteiger partial charge in [-0.05, 0) is 51.4 Å². The second-order valence-electron chi connectivity index (χ2n) is 5.56. The highest BCUT2D eigenvalue weighted by atomic mass is 16.3. The number of furan rings is 1. The molecule has 0 amide bonds. The van der Waals surface area contributed by atoms with Crippen molar-refractivity contribution in [3.8, 4) is 0 Å². The van der Waals surface area contributed by atoms with Crippen molar-refractivity contribution in [3.63, 3.8) is 0 Å². The zero-order valence-corrected chi connectivity index (χ0v) is 11.6. The lowest BCUT2D eigenvalue weighted by molar-refractivity contribution is -0.0348. The first kappa shape index (κ1) is 13.6. The molecule has 1 saturated heterocycles. The lowest BCUT2D eigenvalue weighted by atomic mass is 9.85. The van der Waals surface area contributed by atoms with E-state index < -0.39 is 0 Å². The maximum Gasteiger partial charge on any atom is 0.106 e. The molecule has 0 spiro atoms. The summed E-state index contributed by atoms with van der Waals surface area (Å²) in [6, 6.07) is 3.82. The van der Waals surface area contributed by atoms with E-state index in [1.807, 2.05) is 12.1 Å². The Balaban J connectivity index is 2.04. The molecule has 0 bridgehead atoms. The minimum Gasteiger partial charge on any atom is -0.469 e. The normalized spacial score (nSPS) is 22.6. The monoisotopic (exact) mass is 251 g/mol. The van der Waals surface area contributed by atoms with Crippen molar-refractivity contribution in [2.75, 3.05) is 13.1 Å². The maximum absolute atomic E-state index is 10.6. The molecule has 1 aromatic rings. The number of nitrogens with zero attached hydrogens (tertiary/aromatic N) is 1. The first-order chi connectivity index (χ1) is 8.66. The van der Waals surface area contributed by atoms with Crippen LogP contribution in [0.5, 0.6) is 0 Å². The van der Waals surface area contributed by atoms with Crippen molar-refractivity contribution in [2.45, 2.75) is 57.6 Å². The Morgan fingerprint density at radius 2 is 2.11 bits per heavy atom. The van der Waals surface area contributed by atoms with Crippen molar-refractivity contribution >= 4 is 0 Å². The van der Waals surface area contributed by atoms with Crippen LogP contribution in [0.15, 0.2) is 22.8 Å². The van der Waals surface area contributed by atoms with Gasteiger partial charge in [-0.15, -0.1) is 0 Å². The fraction of sp³-hybridized carbons (Fsp3) is 0.733. The standard InChI is InChI=1S/C15H25NO2/c1-3-15(2,16-9-5-4-6-10-16)14(17)12-13-8-7-11-18-13/h7-8,11,14,17H,3-6,9-10,12H2,1-2H3. The Morgan fingerprint density at radius 3 is 2.67 bits per heavy atom. The molecule has 1 aromatic heterocycles. The Labute approximate surface area is 110 Å². The van der Waals surface area contributed by atoms with Gasteiger partial charge in [-0.3, -0.25) is 4.90 Å². The van der Waals surface area contributed by atoms with Gasteiger partial charge in [0.2, 0.25) is 0 Å². The SMILES string of the molecule is CCC(C)(C(O)Cc1ccco1)N1CCCCC1. The fourth-order valence-corrected chi connectivity index (χ4v) is 2.91. The quantitative estimate of drug-likeness (QED) is 0.874. The van der Waals surface area contributed by atoms with Crippen LogP contribution in [0.4, 0.5) is 0 Å². The van der Waals surface area contributed by atoms with Crippen LogP contribution in [0.1, 0.15) is 45.3 Å². The molecule has 0 radical (unpaired) electrons. The topological polar surface area (TPSA) is 36.6 Å². The van der Waals surface area contributed by atoms with E-state index in [0.717, 1.165) is 25.3 Å². The van der Waals surface area contributed by atoms with E-state index in [1.54, 1.807) is 6.26 Å². The minimum atomic E-state index is -0.369. The largest absolute Gasteiger partial charge is 0.469 e. The lowest BCUT2D eigenvalue weighted by Gasteiger charge is -2.46. The Bertz CT molecular complexity index is 343. The number of hydrogen-bond donors (Lipinski definition) is 1. The van der Waals surface area contributed by atoms with Gasteiger partial charge < -0.3 is 9.52 Å². The highest BCUT2D eigenvalue weighted by Crippen LogP contribution is 2.29. The van der Waals surface area contributed by atoms with Gasteiger partial charge >= 0.3 is 0 Å². The van der Waals surface area contributed by atoms with Crippen LogP contribution in [0.25, 0.3) is 0 Å². The van der Waals surface area contributed by atoms with Crippen molar-refractivity contribution in [1.29, 1.82) is 0 Å². The molecule has 2 unspecified atom stereocenters. The number of piperidine rings is 1. The molecule has 2 atom stereocenters. The van der Waals surface area contributed by atoms with Crippen molar-refractivity contribution < 1.29 is 9.52 Å². The highest BCUT2D eigenvalue weighted by molar-refractivity contribution is 5.04. The fourth-order valence-electron chi connectivity index (χ4n) is 2.91. The molecule has 1 aliphatic heterocycles. The molecule has 0 saturated carbocycles. The molecule has 3 nitrogen and oxygen atoms in total. The van der Waals surface area contributed by atoms with Crippen LogP contribution in [0.3, 0.4) is 0 Å². The summed E-state index contributed by atoms with van der Waals surface area (Å²) in [7, 11) is 0. The second kappa shape index (κ2) is 5.89. The maximum atomic E-state index is 10.6. The summed E-state index contributed by atoms with van der Waals surface area (Å²) in [5.74, 6) is 0.874. The van der Waals surface area contributed by atoms with E-state index in [2.05, 4.69) is 18.7 Å². The molecule has 102 valence electrons. The predicted octanol–water partition coefficient (Wildman–Crippen LogP) is 2.84. The molecule has 1 N–H and O–H groups in total. The molecular formula is C15H25NO2.